The molecule has 1 N–H and O–H groups in total. The topological polar surface area (TPSA) is 58.6 Å². The second-order valence-electron chi connectivity index (χ2n) is 4.80. The molecule has 0 spiro atoms. The minimum atomic E-state index is -0.274. The number of carbonyl (C=O) groups excluding carboxylic acids is 2. The Kier molecular flexibility index (Phi) is 5.98. The molecule has 0 aliphatic rings. The Hall–Kier alpha value is -1.59. The summed E-state index contributed by atoms with van der Waals surface area (Å²) >= 11 is 5.99. The largest absolute Gasteiger partial charge is 0.369 e. The lowest BCUT2D eigenvalue weighted by molar-refractivity contribution is -0.121. The van der Waals surface area contributed by atoms with Crippen LogP contribution in [-0.2, 0) is 9.53 Å². The van der Waals surface area contributed by atoms with Gasteiger partial charge in [0, 0.05) is 19.8 Å². The van der Waals surface area contributed by atoms with Crippen LogP contribution in [0, 0.1) is 0 Å². The summed E-state index contributed by atoms with van der Waals surface area (Å²) in [6.07, 6.45) is -0.0168. The molecule has 0 aliphatic carbocycles. The van der Waals surface area contributed by atoms with E-state index in [1.54, 1.807) is 32.3 Å². The monoisotopic (exact) mass is 298 g/mol. The van der Waals surface area contributed by atoms with Crippen molar-refractivity contribution in [1.82, 2.24) is 4.90 Å². The first-order valence-corrected chi connectivity index (χ1v) is 6.61. The normalized spacial score (nSPS) is 10.5. The van der Waals surface area contributed by atoms with Gasteiger partial charge in [-0.15, -0.1) is 0 Å². The van der Waals surface area contributed by atoms with Crippen molar-refractivity contribution in [2.75, 3.05) is 26.0 Å². The fraction of sp³-hybridized carbons (Fsp3) is 0.429. The Labute approximate surface area is 123 Å². The van der Waals surface area contributed by atoms with Gasteiger partial charge in [0.15, 0.2) is 0 Å². The Balaban J connectivity index is 2.80. The highest BCUT2D eigenvalue weighted by atomic mass is 35.5. The molecule has 0 unspecified atom stereocenters. The quantitative estimate of drug-likeness (QED) is 0.908. The van der Waals surface area contributed by atoms with Crippen molar-refractivity contribution < 1.29 is 14.3 Å². The molecule has 1 aromatic carbocycles. The Morgan fingerprint density at radius 3 is 2.55 bits per heavy atom. The minimum absolute atomic E-state index is 0.0168. The van der Waals surface area contributed by atoms with Gasteiger partial charge < -0.3 is 15.0 Å². The molecule has 0 aliphatic heterocycles. The van der Waals surface area contributed by atoms with Crippen molar-refractivity contribution in [2.24, 2.45) is 0 Å². The fourth-order valence-corrected chi connectivity index (χ4v) is 1.65. The second-order valence-corrected chi connectivity index (χ2v) is 5.21. The smallest absolute Gasteiger partial charge is 0.254 e. The predicted molar refractivity (Wildman–Crippen MR) is 79.2 cm³/mol. The van der Waals surface area contributed by atoms with Gasteiger partial charge in [-0.05, 0) is 32.0 Å². The van der Waals surface area contributed by atoms with E-state index in [4.69, 9.17) is 16.3 Å². The highest BCUT2D eigenvalue weighted by Gasteiger charge is 2.14. The van der Waals surface area contributed by atoms with Crippen molar-refractivity contribution in [3.05, 3.63) is 28.8 Å². The summed E-state index contributed by atoms with van der Waals surface area (Å²) in [6, 6.07) is 4.77. The molecule has 0 aromatic heterocycles. The van der Waals surface area contributed by atoms with E-state index in [2.05, 4.69) is 5.32 Å². The molecule has 110 valence electrons. The predicted octanol–water partition coefficient (Wildman–Crippen LogP) is 2.41. The van der Waals surface area contributed by atoms with Gasteiger partial charge in [0.25, 0.3) is 5.91 Å². The molecule has 0 heterocycles. The van der Waals surface area contributed by atoms with Crippen LogP contribution in [0.15, 0.2) is 18.2 Å². The molecule has 0 saturated carbocycles. The lowest BCUT2D eigenvalue weighted by atomic mass is 10.1. The van der Waals surface area contributed by atoms with Crippen LogP contribution in [0.2, 0.25) is 5.02 Å². The highest BCUT2D eigenvalue weighted by Crippen LogP contribution is 2.21. The van der Waals surface area contributed by atoms with Crippen molar-refractivity contribution in [2.45, 2.75) is 20.0 Å². The average molecular weight is 299 g/mol. The highest BCUT2D eigenvalue weighted by molar-refractivity contribution is 6.34. The third-order valence-corrected chi connectivity index (χ3v) is 2.76. The molecule has 2 amide bonds. The van der Waals surface area contributed by atoms with Gasteiger partial charge in [-0.1, -0.05) is 11.6 Å². The SMILES string of the molecule is CC(C)OCC(=O)Nc1ccc(Cl)c(C(=O)N(C)C)c1. The zero-order valence-electron chi connectivity index (χ0n) is 12.1. The number of ether oxygens (including phenoxy) is 1. The molecular formula is C14H19ClN2O3. The number of anilines is 1. The van der Waals surface area contributed by atoms with Crippen LogP contribution in [0.25, 0.3) is 0 Å². The maximum absolute atomic E-state index is 11.9. The third kappa shape index (κ3) is 4.83. The van der Waals surface area contributed by atoms with Gasteiger partial charge in [-0.2, -0.15) is 0 Å². The summed E-state index contributed by atoms with van der Waals surface area (Å²) in [5, 5.41) is 3.01. The zero-order chi connectivity index (χ0) is 15.3. The van der Waals surface area contributed by atoms with E-state index in [1.807, 2.05) is 13.8 Å². The molecule has 0 radical (unpaired) electrons. The average Bonchev–Trinajstić information content (AvgIpc) is 2.37. The van der Waals surface area contributed by atoms with Crippen LogP contribution in [0.3, 0.4) is 0 Å². The first kappa shape index (κ1) is 16.5. The van der Waals surface area contributed by atoms with Crippen LogP contribution in [-0.4, -0.2) is 43.5 Å². The number of nitrogens with zero attached hydrogens (tertiary/aromatic N) is 1. The molecule has 20 heavy (non-hydrogen) atoms. The molecular weight excluding hydrogens is 280 g/mol. The van der Waals surface area contributed by atoms with Gasteiger partial charge in [-0.3, -0.25) is 9.59 Å². The number of benzene rings is 1. The molecule has 0 atom stereocenters. The second kappa shape index (κ2) is 7.26. The first-order valence-electron chi connectivity index (χ1n) is 6.24. The molecule has 0 bridgehead atoms. The molecule has 0 saturated heterocycles. The zero-order valence-corrected chi connectivity index (χ0v) is 12.8. The Morgan fingerprint density at radius 2 is 2.00 bits per heavy atom. The van der Waals surface area contributed by atoms with E-state index in [0.29, 0.717) is 16.3 Å². The fourth-order valence-electron chi connectivity index (χ4n) is 1.45. The summed E-state index contributed by atoms with van der Waals surface area (Å²) in [6.45, 7) is 3.67. The molecule has 0 fully saturated rings. The van der Waals surface area contributed by atoms with Crippen molar-refractivity contribution in [3.8, 4) is 0 Å². The number of carbonyl (C=O) groups is 2. The number of halogens is 1. The van der Waals surface area contributed by atoms with E-state index in [9.17, 15) is 9.59 Å². The van der Waals surface area contributed by atoms with E-state index >= 15 is 0 Å². The van der Waals surface area contributed by atoms with Crippen LogP contribution in [0.1, 0.15) is 24.2 Å². The van der Waals surface area contributed by atoms with Crippen molar-refractivity contribution >= 4 is 29.1 Å². The number of hydrogen-bond donors (Lipinski definition) is 1. The van der Waals surface area contributed by atoms with E-state index < -0.39 is 0 Å². The Morgan fingerprint density at radius 1 is 1.35 bits per heavy atom. The van der Waals surface area contributed by atoms with Gasteiger partial charge in [-0.25, -0.2) is 0 Å². The summed E-state index contributed by atoms with van der Waals surface area (Å²) in [5.41, 5.74) is 0.858. The van der Waals surface area contributed by atoms with E-state index in [1.165, 1.54) is 4.90 Å². The molecule has 1 rings (SSSR count). The van der Waals surface area contributed by atoms with E-state index in [0.717, 1.165) is 0 Å². The summed E-state index contributed by atoms with van der Waals surface area (Å²) in [5.74, 6) is -0.492. The number of amides is 2. The maximum atomic E-state index is 11.9. The van der Waals surface area contributed by atoms with Gasteiger partial charge in [0.1, 0.15) is 6.61 Å². The number of rotatable bonds is 5. The van der Waals surface area contributed by atoms with Crippen LogP contribution >= 0.6 is 11.6 Å². The maximum Gasteiger partial charge on any atom is 0.254 e. The number of hydrogen-bond acceptors (Lipinski definition) is 3. The third-order valence-electron chi connectivity index (χ3n) is 2.43. The summed E-state index contributed by atoms with van der Waals surface area (Å²) in [4.78, 5) is 25.0. The van der Waals surface area contributed by atoms with E-state index in [-0.39, 0.29) is 24.5 Å². The van der Waals surface area contributed by atoms with Crippen LogP contribution in [0.4, 0.5) is 5.69 Å². The van der Waals surface area contributed by atoms with Gasteiger partial charge in [0.2, 0.25) is 5.91 Å². The molecule has 6 heteroatoms. The lowest BCUT2D eigenvalue weighted by Gasteiger charge is -2.13. The summed E-state index contributed by atoms with van der Waals surface area (Å²) in [7, 11) is 3.28. The molecule has 5 nitrogen and oxygen atoms in total. The van der Waals surface area contributed by atoms with Crippen molar-refractivity contribution in [3.63, 3.8) is 0 Å². The van der Waals surface area contributed by atoms with Gasteiger partial charge >= 0.3 is 0 Å². The minimum Gasteiger partial charge on any atom is -0.369 e. The first-order chi connectivity index (χ1) is 9.31. The van der Waals surface area contributed by atoms with Crippen LogP contribution < -0.4 is 5.32 Å². The number of nitrogens with one attached hydrogen (secondary N) is 1. The van der Waals surface area contributed by atoms with Crippen molar-refractivity contribution in [1.29, 1.82) is 0 Å². The van der Waals surface area contributed by atoms with Gasteiger partial charge in [0.05, 0.1) is 16.7 Å². The molecule has 1 aromatic rings. The Bertz CT molecular complexity index is 501. The standard InChI is InChI=1S/C14H19ClN2O3/c1-9(2)20-8-13(18)16-10-5-6-12(15)11(7-10)14(19)17(3)4/h5-7,9H,8H2,1-4H3,(H,16,18). The summed E-state index contributed by atoms with van der Waals surface area (Å²) < 4.78 is 5.20. The lowest BCUT2D eigenvalue weighted by Crippen LogP contribution is -2.23. The van der Waals surface area contributed by atoms with Crippen LogP contribution in [0.5, 0.6) is 0 Å².